The van der Waals surface area contributed by atoms with Gasteiger partial charge in [0.15, 0.2) is 5.60 Å². The average molecular weight is 685 g/mol. The third kappa shape index (κ3) is 8.73. The van der Waals surface area contributed by atoms with Gasteiger partial charge >= 0.3 is 0 Å². The van der Waals surface area contributed by atoms with E-state index < -0.39 is 52.6 Å². The molecular weight excluding hydrogens is 636 g/mol. The Labute approximate surface area is 287 Å². The topological polar surface area (TPSA) is 159 Å². The Morgan fingerprint density at radius 2 is 1.81 bits per heavy atom. The van der Waals surface area contributed by atoms with Crippen molar-refractivity contribution in [3.63, 3.8) is 0 Å². The van der Waals surface area contributed by atoms with Crippen molar-refractivity contribution in [1.82, 2.24) is 25.8 Å². The van der Waals surface area contributed by atoms with Gasteiger partial charge < -0.3 is 25.7 Å². The van der Waals surface area contributed by atoms with Crippen molar-refractivity contribution in [3.05, 3.63) is 29.0 Å². The summed E-state index contributed by atoms with van der Waals surface area (Å²) in [6, 6.07) is 0.311. The zero-order chi connectivity index (χ0) is 34.6. The molecule has 3 heterocycles. The molecule has 2 aliphatic carbocycles. The molecule has 3 fully saturated rings. The minimum absolute atomic E-state index is 0.00687. The Bertz CT molecular complexity index is 1430. The number of likely N-dealkylation sites (tertiary alicyclic amines) is 1. The van der Waals surface area contributed by atoms with Crippen LogP contribution in [0.2, 0.25) is 5.02 Å². The summed E-state index contributed by atoms with van der Waals surface area (Å²) >= 11 is 6.21. The Kier molecular flexibility index (Phi) is 11.1. The fraction of sp³-hybridized carbons (Fsp3) is 0.686. The zero-order valence-corrected chi connectivity index (χ0v) is 29.2. The molecule has 12 nitrogen and oxygen atoms in total. The lowest BCUT2D eigenvalue weighted by atomic mass is 9.84. The number of Topliss-reactive ketones (excluding diaryl/α,β-unsaturated/α-hetero) is 1. The second kappa shape index (κ2) is 14.9. The van der Waals surface area contributed by atoms with E-state index in [1.54, 1.807) is 18.3 Å². The Balaban J connectivity index is 1.38. The number of rotatable bonds is 12. The summed E-state index contributed by atoms with van der Waals surface area (Å²) in [5.74, 6) is -2.30. The fourth-order valence-electron chi connectivity index (χ4n) is 6.98. The molecule has 1 aromatic heterocycles. The van der Waals surface area contributed by atoms with Crippen LogP contribution < -0.4 is 16.0 Å². The molecule has 13 heteroatoms. The van der Waals surface area contributed by atoms with Crippen LogP contribution in [0, 0.1) is 11.3 Å². The molecule has 4 aliphatic rings. The van der Waals surface area contributed by atoms with Crippen molar-refractivity contribution in [2.75, 3.05) is 6.54 Å². The van der Waals surface area contributed by atoms with Crippen LogP contribution in [0.1, 0.15) is 110 Å². The smallest absolute Gasteiger partial charge is 0.289 e. The zero-order valence-electron chi connectivity index (χ0n) is 28.5. The number of hydrogen-bond acceptors (Lipinski definition) is 8. The van der Waals surface area contributed by atoms with Crippen molar-refractivity contribution < 1.29 is 28.8 Å². The highest BCUT2D eigenvalue weighted by Crippen LogP contribution is 2.40. The molecule has 1 aromatic rings. The van der Waals surface area contributed by atoms with Gasteiger partial charge in [-0.05, 0) is 55.6 Å². The first kappa shape index (κ1) is 35.8. The third-order valence-corrected chi connectivity index (χ3v) is 10.0. The van der Waals surface area contributed by atoms with Gasteiger partial charge in [0.1, 0.15) is 17.8 Å². The number of nitrogens with zero attached hydrogens (tertiary/aromatic N) is 3. The van der Waals surface area contributed by atoms with Gasteiger partial charge in [-0.25, -0.2) is 0 Å². The molecule has 4 atom stereocenters. The summed E-state index contributed by atoms with van der Waals surface area (Å²) in [4.78, 5) is 79.6. The molecule has 1 saturated heterocycles. The SMILES string of the molecule is CCC[C@H](NC(=O)[C@@H]1C[C@]2(CC(c3cc(Cl)ccn3)=NO2)CN1C(=O)[C@@H](NC(=O)CC1CCCCC1)C(C)(C)C)C(=O)C(=O)NC1CC1. The number of pyridine rings is 1. The maximum atomic E-state index is 14.5. The quantitative estimate of drug-likeness (QED) is 0.282. The van der Waals surface area contributed by atoms with E-state index in [0.717, 1.165) is 38.5 Å². The lowest BCUT2D eigenvalue weighted by Crippen LogP contribution is -2.59. The van der Waals surface area contributed by atoms with Crippen molar-refractivity contribution in [3.8, 4) is 0 Å². The van der Waals surface area contributed by atoms with E-state index in [1.165, 1.54) is 11.3 Å². The largest absolute Gasteiger partial charge is 0.386 e. The molecule has 48 heavy (non-hydrogen) atoms. The van der Waals surface area contributed by atoms with E-state index in [-0.39, 0.29) is 43.7 Å². The lowest BCUT2D eigenvalue weighted by Gasteiger charge is -2.36. The van der Waals surface area contributed by atoms with Crippen molar-refractivity contribution in [2.45, 2.75) is 135 Å². The maximum Gasteiger partial charge on any atom is 0.289 e. The van der Waals surface area contributed by atoms with Crippen LogP contribution in [0.15, 0.2) is 23.5 Å². The molecule has 2 saturated carbocycles. The molecule has 3 N–H and O–H groups in total. The summed E-state index contributed by atoms with van der Waals surface area (Å²) in [5, 5.41) is 13.3. The Hall–Kier alpha value is -3.54. The van der Waals surface area contributed by atoms with E-state index in [2.05, 4.69) is 26.1 Å². The standard InChI is InChI=1S/C35H49ClN6O6/c1-5-9-24(29(44)32(46)38-23-12-13-23)39-31(45)27-19-35(18-26(41-48-35)25-17-22(36)14-15-37-25)20-42(27)33(47)30(34(2,3)4)40-28(43)16-21-10-7-6-8-11-21/h14-15,17,21,23-24,27,30H,5-13,16,18-20H2,1-4H3,(H,38,46)(H,39,45)(H,40,43)/t24-,27-,30+,35+/m0/s1. The fourth-order valence-corrected chi connectivity index (χ4v) is 7.14. The van der Waals surface area contributed by atoms with Gasteiger partial charge in [-0.3, -0.25) is 29.0 Å². The summed E-state index contributed by atoms with van der Waals surface area (Å²) < 4.78 is 0. The number of carbonyl (C=O) groups excluding carboxylic acids is 5. The van der Waals surface area contributed by atoms with Crippen LogP contribution in [-0.2, 0) is 28.8 Å². The number of ketones is 1. The summed E-state index contributed by atoms with van der Waals surface area (Å²) in [7, 11) is 0. The lowest BCUT2D eigenvalue weighted by molar-refractivity contribution is -0.145. The first-order valence-corrected chi connectivity index (χ1v) is 17.8. The second-order valence-corrected chi connectivity index (χ2v) is 15.5. The van der Waals surface area contributed by atoms with Crippen LogP contribution in [0.4, 0.5) is 0 Å². The van der Waals surface area contributed by atoms with Gasteiger partial charge in [0.2, 0.25) is 23.5 Å². The van der Waals surface area contributed by atoms with E-state index in [0.29, 0.717) is 29.3 Å². The molecule has 1 spiro atoms. The van der Waals surface area contributed by atoms with Crippen molar-refractivity contribution in [1.29, 1.82) is 0 Å². The van der Waals surface area contributed by atoms with Crippen molar-refractivity contribution in [2.24, 2.45) is 16.5 Å². The predicted octanol–water partition coefficient (Wildman–Crippen LogP) is 3.83. The van der Waals surface area contributed by atoms with Gasteiger partial charge in [-0.2, -0.15) is 0 Å². The van der Waals surface area contributed by atoms with Gasteiger partial charge in [0.25, 0.3) is 5.91 Å². The number of hydrogen-bond donors (Lipinski definition) is 3. The number of aromatic nitrogens is 1. The summed E-state index contributed by atoms with van der Waals surface area (Å²) in [6.45, 7) is 7.53. The molecule has 2 aliphatic heterocycles. The second-order valence-electron chi connectivity index (χ2n) is 15.1. The van der Waals surface area contributed by atoms with Crippen LogP contribution in [0.25, 0.3) is 0 Å². The molecule has 0 radical (unpaired) electrons. The van der Waals surface area contributed by atoms with Gasteiger partial charge in [-0.1, -0.05) is 70.1 Å². The van der Waals surface area contributed by atoms with Crippen LogP contribution in [0.3, 0.4) is 0 Å². The van der Waals surface area contributed by atoms with Gasteiger partial charge in [-0.15, -0.1) is 0 Å². The first-order chi connectivity index (χ1) is 22.8. The molecule has 5 rings (SSSR count). The number of halogens is 1. The minimum Gasteiger partial charge on any atom is -0.386 e. The molecule has 262 valence electrons. The third-order valence-electron chi connectivity index (χ3n) is 9.81. The summed E-state index contributed by atoms with van der Waals surface area (Å²) in [6.07, 6.45) is 10.1. The van der Waals surface area contributed by atoms with E-state index in [4.69, 9.17) is 16.4 Å². The van der Waals surface area contributed by atoms with E-state index in [1.807, 2.05) is 27.7 Å². The predicted molar refractivity (Wildman–Crippen MR) is 180 cm³/mol. The highest BCUT2D eigenvalue weighted by Gasteiger charge is 2.56. The molecule has 0 bridgehead atoms. The van der Waals surface area contributed by atoms with E-state index >= 15 is 0 Å². The number of carbonyl (C=O) groups is 5. The summed E-state index contributed by atoms with van der Waals surface area (Å²) in [5.41, 5.74) is -0.655. The maximum absolute atomic E-state index is 14.5. The minimum atomic E-state index is -1.05. The molecular formula is C35H49ClN6O6. The molecule has 0 unspecified atom stereocenters. The number of amides is 4. The van der Waals surface area contributed by atoms with E-state index in [9.17, 15) is 24.0 Å². The molecule has 0 aromatic carbocycles. The number of oxime groups is 1. The van der Waals surface area contributed by atoms with Gasteiger partial charge in [0.05, 0.1) is 18.3 Å². The monoisotopic (exact) mass is 684 g/mol. The Morgan fingerprint density at radius 3 is 2.46 bits per heavy atom. The van der Waals surface area contributed by atoms with Crippen molar-refractivity contribution >= 4 is 46.7 Å². The first-order valence-electron chi connectivity index (χ1n) is 17.4. The van der Waals surface area contributed by atoms with Crippen LogP contribution in [0.5, 0.6) is 0 Å². The highest BCUT2D eigenvalue weighted by molar-refractivity contribution is 6.38. The Morgan fingerprint density at radius 1 is 1.08 bits per heavy atom. The number of nitrogens with one attached hydrogen (secondary N) is 3. The van der Waals surface area contributed by atoms with Gasteiger partial charge in [0, 0.05) is 36.5 Å². The molecule has 4 amide bonds. The van der Waals surface area contributed by atoms with Crippen LogP contribution >= 0.6 is 11.6 Å². The normalized spacial score (nSPS) is 24.0. The van der Waals surface area contributed by atoms with Crippen LogP contribution in [-0.4, -0.2) is 81.3 Å². The highest BCUT2D eigenvalue weighted by atomic mass is 35.5. The average Bonchev–Trinajstić information content (AvgIpc) is 3.63.